The van der Waals surface area contributed by atoms with E-state index in [1.165, 1.54) is 11.2 Å². The lowest BCUT2D eigenvalue weighted by Gasteiger charge is -2.31. The Morgan fingerprint density at radius 3 is 2.38 bits per heavy atom. The van der Waals surface area contributed by atoms with Crippen LogP contribution in [0.3, 0.4) is 0 Å². The number of hydrogen-bond acceptors (Lipinski definition) is 4. The van der Waals surface area contributed by atoms with E-state index in [9.17, 15) is 14.1 Å². The normalized spacial score (nSPS) is 15.2. The highest BCUT2D eigenvalue weighted by Crippen LogP contribution is 2.22. The van der Waals surface area contributed by atoms with Gasteiger partial charge in [-0.2, -0.15) is 0 Å². The van der Waals surface area contributed by atoms with Gasteiger partial charge in [-0.1, -0.05) is 44.2 Å². The fraction of sp³-hybridized carbons (Fsp3) is 0.421. The number of fused-ring (bicyclic) bond motifs is 1. The number of amides is 1. The number of aliphatic hydroxyl groups is 1. The third kappa shape index (κ3) is 4.88. The van der Waals surface area contributed by atoms with E-state index in [-0.39, 0.29) is 0 Å². The molecule has 0 spiro atoms. The molecule has 0 saturated heterocycles. The van der Waals surface area contributed by atoms with Crippen molar-refractivity contribution in [2.45, 2.75) is 44.2 Å². The molecule has 0 aromatic heterocycles. The van der Waals surface area contributed by atoms with Gasteiger partial charge >= 0.3 is 0 Å². The van der Waals surface area contributed by atoms with E-state index >= 15 is 0 Å². The minimum absolute atomic E-state index is 0.331. The van der Waals surface area contributed by atoms with Crippen LogP contribution in [-0.4, -0.2) is 43.4 Å². The minimum Gasteiger partial charge on any atom is -0.391 e. The monoisotopic (exact) mass is 378 g/mol. The highest BCUT2D eigenvalue weighted by Gasteiger charge is 2.34. The van der Waals surface area contributed by atoms with Crippen molar-refractivity contribution in [2.75, 3.05) is 6.54 Å². The van der Waals surface area contributed by atoms with Crippen molar-refractivity contribution < 1.29 is 19.3 Å². The van der Waals surface area contributed by atoms with E-state index in [0.29, 0.717) is 23.8 Å². The molecule has 0 bridgehead atoms. The summed E-state index contributed by atoms with van der Waals surface area (Å²) in [6.45, 7) is 5.85. The molecule has 0 heterocycles. The van der Waals surface area contributed by atoms with Crippen molar-refractivity contribution in [3.63, 3.8) is 0 Å². The Morgan fingerprint density at radius 1 is 1.15 bits per heavy atom. The average Bonchev–Trinajstić information content (AvgIpc) is 2.63. The van der Waals surface area contributed by atoms with E-state index in [0.717, 1.165) is 10.8 Å². The average molecular weight is 378 g/mol. The zero-order valence-electron chi connectivity index (χ0n) is 15.3. The van der Waals surface area contributed by atoms with Gasteiger partial charge in [0.1, 0.15) is 17.0 Å². The molecular formula is C19H26N2O4S. The number of benzene rings is 2. The second-order valence-corrected chi connectivity index (χ2v) is 8.18. The van der Waals surface area contributed by atoms with Crippen LogP contribution >= 0.6 is 0 Å². The number of nitrogens with zero attached hydrogens (tertiary/aromatic N) is 1. The molecule has 2 rings (SSSR count). The summed E-state index contributed by atoms with van der Waals surface area (Å²) in [5.41, 5.74) is 1.58. The molecule has 2 aromatic carbocycles. The van der Waals surface area contributed by atoms with Gasteiger partial charge < -0.3 is 5.11 Å². The molecule has 2 aromatic rings. The standard InChI is InChI=1S/C19H26N2O4S/c1-13(2)10-11-21(18(14(3)22)19(23)20-24)26(25)17-9-8-15-6-4-5-7-16(15)12-17/h4-9,12-14,18,22,24H,10-11H2,1-3H3,(H,20,23)/t14?,18-,26?/m1/s1. The largest absolute Gasteiger partial charge is 0.391 e. The number of hydrogen-bond donors (Lipinski definition) is 3. The van der Waals surface area contributed by atoms with Crippen molar-refractivity contribution in [2.24, 2.45) is 5.92 Å². The molecule has 0 aliphatic rings. The van der Waals surface area contributed by atoms with Crippen LogP contribution in [0.4, 0.5) is 0 Å². The van der Waals surface area contributed by atoms with Gasteiger partial charge in [0.25, 0.3) is 5.91 Å². The quantitative estimate of drug-likeness (QED) is 0.486. The van der Waals surface area contributed by atoms with E-state index in [1.54, 1.807) is 11.5 Å². The third-order valence-electron chi connectivity index (χ3n) is 4.21. The third-order valence-corrected chi connectivity index (χ3v) is 5.70. The fourth-order valence-corrected chi connectivity index (χ4v) is 4.21. The molecule has 3 atom stereocenters. The SMILES string of the molecule is CC(C)CCN([C@@H](C(=O)NO)C(C)O)S(=O)c1ccc2ccccc2c1. The summed E-state index contributed by atoms with van der Waals surface area (Å²) in [5.74, 6) is -0.448. The molecule has 0 saturated carbocycles. The summed E-state index contributed by atoms with van der Waals surface area (Å²) in [4.78, 5) is 12.6. The first-order valence-electron chi connectivity index (χ1n) is 8.64. The van der Waals surface area contributed by atoms with Crippen LogP contribution in [-0.2, 0) is 15.8 Å². The molecular weight excluding hydrogens is 352 g/mol. The predicted molar refractivity (Wildman–Crippen MR) is 102 cm³/mol. The van der Waals surface area contributed by atoms with E-state index in [4.69, 9.17) is 5.21 Å². The molecule has 2 unspecified atom stereocenters. The van der Waals surface area contributed by atoms with Crippen molar-refractivity contribution >= 4 is 27.7 Å². The Kier molecular flexibility index (Phi) is 7.28. The van der Waals surface area contributed by atoms with Gasteiger partial charge in [-0.25, -0.2) is 14.0 Å². The van der Waals surface area contributed by atoms with Gasteiger partial charge in [0.15, 0.2) is 0 Å². The van der Waals surface area contributed by atoms with Crippen molar-refractivity contribution in [3.05, 3.63) is 42.5 Å². The van der Waals surface area contributed by atoms with Gasteiger partial charge in [0, 0.05) is 6.54 Å². The van der Waals surface area contributed by atoms with Crippen LogP contribution in [0.1, 0.15) is 27.2 Å². The zero-order valence-corrected chi connectivity index (χ0v) is 16.1. The molecule has 1 amide bonds. The van der Waals surface area contributed by atoms with Crippen molar-refractivity contribution in [1.82, 2.24) is 9.79 Å². The lowest BCUT2D eigenvalue weighted by atomic mass is 10.1. The molecule has 0 radical (unpaired) electrons. The summed E-state index contributed by atoms with van der Waals surface area (Å²) < 4.78 is 14.7. The molecule has 0 aliphatic carbocycles. The Hall–Kier alpha value is -1.80. The number of hydroxylamine groups is 1. The van der Waals surface area contributed by atoms with Crippen LogP contribution in [0.25, 0.3) is 10.8 Å². The molecule has 0 aliphatic heterocycles. The summed E-state index contributed by atoms with van der Waals surface area (Å²) in [6.07, 6.45) is -0.403. The Morgan fingerprint density at radius 2 is 1.81 bits per heavy atom. The van der Waals surface area contributed by atoms with Gasteiger partial charge in [-0.15, -0.1) is 0 Å². The molecule has 26 heavy (non-hydrogen) atoms. The second-order valence-electron chi connectivity index (χ2n) is 6.74. The molecule has 3 N–H and O–H groups in total. The summed E-state index contributed by atoms with van der Waals surface area (Å²) in [6, 6.07) is 12.1. The summed E-state index contributed by atoms with van der Waals surface area (Å²) in [7, 11) is -1.67. The smallest absolute Gasteiger partial charge is 0.264 e. The first-order chi connectivity index (χ1) is 12.3. The van der Waals surface area contributed by atoms with Crippen LogP contribution in [0, 0.1) is 5.92 Å². The highest BCUT2D eigenvalue weighted by atomic mass is 32.2. The lowest BCUT2D eigenvalue weighted by Crippen LogP contribution is -2.53. The van der Waals surface area contributed by atoms with Crippen LogP contribution in [0.2, 0.25) is 0 Å². The molecule has 0 fully saturated rings. The number of carbonyl (C=O) groups is 1. The first kappa shape index (κ1) is 20.5. The second kappa shape index (κ2) is 9.23. The molecule has 7 heteroatoms. The fourth-order valence-electron chi connectivity index (χ4n) is 2.78. The van der Waals surface area contributed by atoms with Crippen LogP contribution in [0.5, 0.6) is 0 Å². The minimum atomic E-state index is -1.67. The highest BCUT2D eigenvalue weighted by molar-refractivity contribution is 7.82. The topological polar surface area (TPSA) is 89.9 Å². The number of rotatable bonds is 8. The maximum atomic E-state index is 13.2. The zero-order chi connectivity index (χ0) is 19.3. The number of carbonyl (C=O) groups excluding carboxylic acids is 1. The van der Waals surface area contributed by atoms with E-state index in [2.05, 4.69) is 0 Å². The van der Waals surface area contributed by atoms with E-state index < -0.39 is 29.0 Å². The lowest BCUT2D eigenvalue weighted by molar-refractivity contribution is -0.136. The van der Waals surface area contributed by atoms with Crippen molar-refractivity contribution in [3.8, 4) is 0 Å². The number of nitrogens with one attached hydrogen (secondary N) is 1. The van der Waals surface area contributed by atoms with Gasteiger partial charge in [0.2, 0.25) is 0 Å². The Labute approximate surface area is 156 Å². The number of aliphatic hydroxyl groups excluding tert-OH is 1. The van der Waals surface area contributed by atoms with E-state index in [1.807, 2.05) is 50.2 Å². The Balaban J connectivity index is 2.40. The Bertz CT molecular complexity index is 779. The summed E-state index contributed by atoms with van der Waals surface area (Å²) >= 11 is 0. The van der Waals surface area contributed by atoms with Gasteiger partial charge in [-0.3, -0.25) is 10.0 Å². The molecule has 142 valence electrons. The van der Waals surface area contributed by atoms with Crippen LogP contribution < -0.4 is 5.48 Å². The predicted octanol–water partition coefficient (Wildman–Crippen LogP) is 2.47. The molecule has 6 nitrogen and oxygen atoms in total. The van der Waals surface area contributed by atoms with Crippen molar-refractivity contribution in [1.29, 1.82) is 0 Å². The van der Waals surface area contributed by atoms with Gasteiger partial charge in [-0.05, 0) is 42.2 Å². The maximum Gasteiger partial charge on any atom is 0.264 e. The maximum absolute atomic E-state index is 13.2. The van der Waals surface area contributed by atoms with Crippen LogP contribution in [0.15, 0.2) is 47.4 Å². The first-order valence-corrected chi connectivity index (χ1v) is 9.75. The van der Waals surface area contributed by atoms with Gasteiger partial charge in [0.05, 0.1) is 11.0 Å². The summed E-state index contributed by atoms with van der Waals surface area (Å²) in [5, 5.41) is 21.1.